The average Bonchev–Trinajstić information content (AvgIpc) is 3.01. The van der Waals surface area contributed by atoms with E-state index in [9.17, 15) is 19.8 Å². The summed E-state index contributed by atoms with van der Waals surface area (Å²) in [5.74, 6) is -0.568. The minimum absolute atomic E-state index is 0.0203. The average molecular weight is 357 g/mol. The monoisotopic (exact) mass is 357 g/mol. The fourth-order valence-electron chi connectivity index (χ4n) is 4.13. The molecule has 0 radical (unpaired) electrons. The van der Waals surface area contributed by atoms with Crippen LogP contribution in [-0.4, -0.2) is 33.0 Å². The summed E-state index contributed by atoms with van der Waals surface area (Å²) in [5, 5.41) is 21.6. The van der Waals surface area contributed by atoms with Gasteiger partial charge in [0.05, 0.1) is 12.2 Å². The molecule has 5 heteroatoms. The fraction of sp³-hybridized carbons (Fsp3) is 0.0909. The van der Waals surface area contributed by atoms with Crippen molar-refractivity contribution in [3.05, 3.63) is 77.0 Å². The summed E-state index contributed by atoms with van der Waals surface area (Å²) in [6.45, 7) is 0.0793. The maximum atomic E-state index is 13.5. The zero-order valence-electron chi connectivity index (χ0n) is 14.3. The van der Waals surface area contributed by atoms with Gasteiger partial charge in [0.2, 0.25) is 5.78 Å². The van der Waals surface area contributed by atoms with Crippen LogP contribution in [0.5, 0.6) is 5.75 Å². The van der Waals surface area contributed by atoms with Crippen molar-refractivity contribution in [3.63, 3.8) is 0 Å². The Hall–Kier alpha value is -3.44. The van der Waals surface area contributed by atoms with E-state index in [0.717, 1.165) is 5.52 Å². The Labute approximate surface area is 154 Å². The van der Waals surface area contributed by atoms with Gasteiger partial charge in [0.25, 0.3) is 0 Å². The molecule has 0 atom stereocenters. The van der Waals surface area contributed by atoms with Gasteiger partial charge in [-0.05, 0) is 17.5 Å². The highest BCUT2D eigenvalue weighted by molar-refractivity contribution is 6.35. The molecular weight excluding hydrogens is 342 g/mol. The molecule has 1 heterocycles. The lowest BCUT2D eigenvalue weighted by atomic mass is 9.83. The van der Waals surface area contributed by atoms with E-state index >= 15 is 0 Å². The largest absolute Gasteiger partial charge is 0.507 e. The highest BCUT2D eigenvalue weighted by Gasteiger charge is 2.37. The molecule has 3 aromatic carbocycles. The van der Waals surface area contributed by atoms with Crippen molar-refractivity contribution in [3.8, 4) is 5.75 Å². The van der Waals surface area contributed by atoms with Gasteiger partial charge in [0.1, 0.15) is 11.4 Å². The quantitative estimate of drug-likeness (QED) is 0.508. The fourth-order valence-corrected chi connectivity index (χ4v) is 4.13. The lowest BCUT2D eigenvalue weighted by Gasteiger charge is -2.19. The van der Waals surface area contributed by atoms with Crippen LogP contribution in [0.2, 0.25) is 0 Å². The van der Waals surface area contributed by atoms with Crippen LogP contribution in [-0.2, 0) is 6.54 Å². The van der Waals surface area contributed by atoms with Gasteiger partial charge in [0.15, 0.2) is 5.78 Å². The van der Waals surface area contributed by atoms with Crippen molar-refractivity contribution in [2.75, 3.05) is 6.61 Å². The number of phenolic OH excluding ortho intramolecular Hbond substituents is 1. The van der Waals surface area contributed by atoms with Crippen molar-refractivity contribution < 1.29 is 19.8 Å². The number of aromatic hydroxyl groups is 1. The molecule has 0 amide bonds. The molecule has 4 aromatic rings. The Bertz CT molecular complexity index is 1280. The zero-order chi connectivity index (χ0) is 18.7. The van der Waals surface area contributed by atoms with E-state index in [1.54, 1.807) is 34.9 Å². The molecule has 0 aliphatic heterocycles. The summed E-state index contributed by atoms with van der Waals surface area (Å²) in [4.78, 5) is 26.8. The molecule has 0 spiro atoms. The third kappa shape index (κ3) is 1.97. The second-order valence-electron chi connectivity index (χ2n) is 6.64. The van der Waals surface area contributed by atoms with Crippen LogP contribution >= 0.6 is 0 Å². The van der Waals surface area contributed by atoms with Crippen molar-refractivity contribution >= 4 is 33.2 Å². The summed E-state index contributed by atoms with van der Waals surface area (Å²) in [5.41, 5.74) is 1.91. The molecule has 0 fully saturated rings. The number of ketones is 2. The first-order valence-corrected chi connectivity index (χ1v) is 8.69. The number of aliphatic hydroxyl groups excluding tert-OH is 1. The number of benzene rings is 3. The molecule has 2 N–H and O–H groups in total. The van der Waals surface area contributed by atoms with Crippen LogP contribution in [0.4, 0.5) is 0 Å². The number of aliphatic hydroxyl groups is 1. The minimum Gasteiger partial charge on any atom is -0.507 e. The topological polar surface area (TPSA) is 79.5 Å². The van der Waals surface area contributed by atoms with E-state index in [4.69, 9.17) is 0 Å². The zero-order valence-corrected chi connectivity index (χ0v) is 14.3. The highest BCUT2D eigenvalue weighted by atomic mass is 16.3. The molecule has 0 unspecified atom stereocenters. The lowest BCUT2D eigenvalue weighted by Crippen LogP contribution is -2.24. The van der Waals surface area contributed by atoms with Crippen LogP contribution in [0, 0.1) is 0 Å². The van der Waals surface area contributed by atoms with Crippen LogP contribution in [0.3, 0.4) is 0 Å². The number of phenols is 1. The Kier molecular flexibility index (Phi) is 3.23. The number of hydrogen-bond acceptors (Lipinski definition) is 4. The Morgan fingerprint density at radius 1 is 0.815 bits per heavy atom. The third-order valence-corrected chi connectivity index (χ3v) is 5.23. The number of fused-ring (bicyclic) bond motifs is 6. The number of carbonyl (C=O) groups excluding carboxylic acids is 2. The molecular formula is C22H15NO4. The molecule has 27 heavy (non-hydrogen) atoms. The smallest absolute Gasteiger partial charge is 0.211 e. The maximum absolute atomic E-state index is 13.5. The van der Waals surface area contributed by atoms with E-state index in [1.165, 1.54) is 6.07 Å². The van der Waals surface area contributed by atoms with Crippen molar-refractivity contribution in [2.24, 2.45) is 0 Å². The molecule has 132 valence electrons. The molecule has 1 aliphatic carbocycles. The number of nitrogens with zero attached hydrogens (tertiary/aromatic N) is 1. The van der Waals surface area contributed by atoms with E-state index < -0.39 is 0 Å². The molecule has 5 nitrogen and oxygen atoms in total. The molecule has 5 rings (SSSR count). The SMILES string of the molecule is O=C1c2cc(O)c3ccccc3c2C(=O)c2c1c1ccccc1n2CCO. The number of para-hydroxylation sites is 1. The summed E-state index contributed by atoms with van der Waals surface area (Å²) >= 11 is 0. The molecule has 0 saturated heterocycles. The first-order chi connectivity index (χ1) is 13.1. The van der Waals surface area contributed by atoms with E-state index in [1.807, 2.05) is 18.2 Å². The number of rotatable bonds is 2. The summed E-state index contributed by atoms with van der Waals surface area (Å²) < 4.78 is 1.72. The van der Waals surface area contributed by atoms with E-state index in [2.05, 4.69) is 0 Å². The number of carbonyl (C=O) groups is 2. The summed E-state index contributed by atoms with van der Waals surface area (Å²) in [6.07, 6.45) is 0. The Morgan fingerprint density at radius 2 is 1.48 bits per heavy atom. The summed E-state index contributed by atoms with van der Waals surface area (Å²) in [6, 6.07) is 15.7. The number of aromatic nitrogens is 1. The van der Waals surface area contributed by atoms with Gasteiger partial charge < -0.3 is 14.8 Å². The molecule has 0 saturated carbocycles. The first-order valence-electron chi connectivity index (χ1n) is 8.69. The number of hydrogen-bond donors (Lipinski definition) is 2. The Balaban J connectivity index is 1.94. The third-order valence-electron chi connectivity index (χ3n) is 5.23. The van der Waals surface area contributed by atoms with Gasteiger partial charge in [-0.15, -0.1) is 0 Å². The van der Waals surface area contributed by atoms with Crippen molar-refractivity contribution in [1.29, 1.82) is 0 Å². The van der Waals surface area contributed by atoms with Gasteiger partial charge in [-0.3, -0.25) is 9.59 Å². The molecule has 1 aromatic heterocycles. The lowest BCUT2D eigenvalue weighted by molar-refractivity contribution is 0.0974. The van der Waals surface area contributed by atoms with E-state index in [-0.39, 0.29) is 36.0 Å². The Morgan fingerprint density at radius 3 is 2.22 bits per heavy atom. The predicted molar refractivity (Wildman–Crippen MR) is 102 cm³/mol. The summed E-state index contributed by atoms with van der Waals surface area (Å²) in [7, 11) is 0. The standard InChI is InChI=1S/C22H15NO4/c24-10-9-23-16-8-4-3-7-14(16)19-20(23)22(27)18-13-6-2-1-5-12(13)17(25)11-15(18)21(19)26/h1-8,11,24-25H,9-10H2. The van der Waals surface area contributed by atoms with Gasteiger partial charge in [-0.25, -0.2) is 0 Å². The van der Waals surface area contributed by atoms with Crippen molar-refractivity contribution in [1.82, 2.24) is 4.57 Å². The van der Waals surface area contributed by atoms with Crippen LogP contribution in [0.25, 0.3) is 21.7 Å². The van der Waals surface area contributed by atoms with Crippen LogP contribution in [0.15, 0.2) is 54.6 Å². The van der Waals surface area contributed by atoms with Crippen molar-refractivity contribution in [2.45, 2.75) is 6.54 Å². The van der Waals surface area contributed by atoms with E-state index in [0.29, 0.717) is 33.0 Å². The second-order valence-corrected chi connectivity index (χ2v) is 6.64. The van der Waals surface area contributed by atoms with Crippen LogP contribution in [0.1, 0.15) is 32.0 Å². The van der Waals surface area contributed by atoms with Crippen LogP contribution < -0.4 is 0 Å². The van der Waals surface area contributed by atoms with Gasteiger partial charge in [-0.1, -0.05) is 42.5 Å². The first kappa shape index (κ1) is 15.8. The predicted octanol–water partition coefficient (Wildman–Crippen LogP) is 3.27. The van der Waals surface area contributed by atoms with Gasteiger partial charge >= 0.3 is 0 Å². The normalized spacial score (nSPS) is 13.2. The second kappa shape index (κ2) is 5.53. The highest BCUT2D eigenvalue weighted by Crippen LogP contribution is 2.40. The maximum Gasteiger partial charge on any atom is 0.211 e. The molecule has 1 aliphatic rings. The molecule has 0 bridgehead atoms. The van der Waals surface area contributed by atoms with Gasteiger partial charge in [-0.2, -0.15) is 0 Å². The minimum atomic E-state index is -0.284. The van der Waals surface area contributed by atoms with Gasteiger partial charge in [0, 0.05) is 34.0 Å².